The first-order valence-corrected chi connectivity index (χ1v) is 35.2. The number of rotatable bonds is 13. The average Bonchev–Trinajstić information content (AvgIpc) is 1.65. The highest BCUT2D eigenvalue weighted by molar-refractivity contribution is 9.11. The van der Waals surface area contributed by atoms with Crippen molar-refractivity contribution in [3.8, 4) is 48.8 Å². The normalized spacial score (nSPS) is 14.9. The molecule has 91 heavy (non-hydrogen) atoms. The zero-order valence-corrected chi connectivity index (χ0v) is 58.8. The van der Waals surface area contributed by atoms with E-state index in [1.807, 2.05) is 48.1 Å². The number of nitrogens with one attached hydrogen (secondary N) is 3. The number of amides is 3. The Kier molecular flexibility index (Phi) is 23.4. The van der Waals surface area contributed by atoms with Gasteiger partial charge in [0.25, 0.3) is 17.7 Å². The van der Waals surface area contributed by atoms with Crippen molar-refractivity contribution in [2.24, 2.45) is 5.92 Å². The fourth-order valence-electron chi connectivity index (χ4n) is 11.0. The van der Waals surface area contributed by atoms with Gasteiger partial charge in [0.1, 0.15) is 0 Å². The molecule has 3 aromatic carbocycles. The Morgan fingerprint density at radius 1 is 0.516 bits per heavy atom. The third kappa shape index (κ3) is 16.2. The van der Waals surface area contributed by atoms with Crippen molar-refractivity contribution in [2.45, 2.75) is 90.5 Å². The lowest BCUT2D eigenvalue weighted by Gasteiger charge is -2.28. The summed E-state index contributed by atoms with van der Waals surface area (Å²) in [7, 11) is 0. The summed E-state index contributed by atoms with van der Waals surface area (Å²) >= 11 is 57.5. The van der Waals surface area contributed by atoms with Crippen LogP contribution in [-0.2, 0) is 0 Å². The summed E-state index contributed by atoms with van der Waals surface area (Å²) in [5.74, 6) is -0.546. The smallest absolute Gasteiger partial charge is 0.286 e. The van der Waals surface area contributed by atoms with Crippen LogP contribution in [0.5, 0.6) is 0 Å². The molecule has 0 radical (unpaired) electrons. The Balaban J connectivity index is 0.000000150. The highest BCUT2D eigenvalue weighted by Crippen LogP contribution is 2.45. The van der Waals surface area contributed by atoms with Gasteiger partial charge in [-0.05, 0) is 165 Å². The van der Waals surface area contributed by atoms with E-state index in [0.717, 1.165) is 95.9 Å². The summed E-state index contributed by atoms with van der Waals surface area (Å²) in [6, 6.07) is 26.3. The zero-order valence-electron chi connectivity index (χ0n) is 48.7. The summed E-state index contributed by atoms with van der Waals surface area (Å²) in [4.78, 5) is 49.0. The van der Waals surface area contributed by atoms with E-state index in [1.54, 1.807) is 82.7 Å². The second-order valence-electron chi connectivity index (χ2n) is 21.6. The maximum absolute atomic E-state index is 13.2. The highest BCUT2D eigenvalue weighted by atomic mass is 79.9. The Morgan fingerprint density at radius 2 is 0.901 bits per heavy atom. The van der Waals surface area contributed by atoms with Gasteiger partial charge in [0.2, 0.25) is 11.4 Å². The number of carbonyl (C=O) groups is 3. The molecular formula is C63H56BrCl8N13O3S3. The van der Waals surface area contributed by atoms with E-state index in [4.69, 9.17) is 106 Å². The number of aromatic nitrogens is 6. The fourth-order valence-corrected chi connectivity index (χ4v) is 16.1. The molecule has 6 aromatic heterocycles. The maximum atomic E-state index is 13.2. The lowest BCUT2D eigenvalue weighted by molar-refractivity contribution is 0.0737. The molecule has 8 heterocycles. The topological polar surface area (TPSA) is 156 Å². The summed E-state index contributed by atoms with van der Waals surface area (Å²) in [5.41, 5.74) is 11.0. The number of nitrogens with zero attached hydrogens (tertiary/aromatic N) is 10. The standard InChI is InChI=1S/C23H21Cl3N4OS.C20H19BrCl2N4OS.C20H16Cl3N5OS/c1-13(14-6-4-3-5-7-14)28-23(31)21-20(27-2)22(18-10-11-19(26)32-18)30(29-21)17-9-8-15(24)12-16(17)25;1-12-18(20(28)25-26-9-3-2-4-10-26)24-27(15-6-5-13(22)11-14(15)23)19(12)16-7-8-17(21)29-16;1-24-17-18(20(29)26-27-9-3-2-4-10-27)25-28(14-6-5-12(21)11-13(14)22)19(17)15-7-8-16(23)30-15/h8-14H,3-7H2,1H3,(H,28,31);5-8,11H,2-4,9-10H2,1H3,(H,25,28);5-8,11H,2-4,9-10H2,(H,26,29)/t13-;;/m1../s1. The maximum Gasteiger partial charge on any atom is 0.286 e. The van der Waals surface area contributed by atoms with E-state index in [-0.39, 0.29) is 40.6 Å². The zero-order chi connectivity index (χ0) is 64.6. The molecule has 9 aromatic rings. The van der Waals surface area contributed by atoms with Gasteiger partial charge in [-0.2, -0.15) is 15.3 Å². The molecule has 3 fully saturated rings. The van der Waals surface area contributed by atoms with Crippen LogP contribution in [0.4, 0.5) is 11.4 Å². The van der Waals surface area contributed by atoms with Crippen LogP contribution in [0.15, 0.2) is 94.8 Å². The molecular weight excluding hydrogens is 1450 g/mol. The van der Waals surface area contributed by atoms with E-state index >= 15 is 0 Å². The van der Waals surface area contributed by atoms with Gasteiger partial charge in [-0.3, -0.25) is 25.2 Å². The first-order chi connectivity index (χ1) is 43.8. The second kappa shape index (κ2) is 31.2. The third-order valence-corrected chi connectivity index (χ3v) is 21.2. The van der Waals surface area contributed by atoms with Crippen molar-refractivity contribution in [3.05, 3.63) is 179 Å². The monoisotopic (exact) mass is 1500 g/mol. The third-order valence-electron chi connectivity index (χ3n) is 15.5. The summed E-state index contributed by atoms with van der Waals surface area (Å²) in [6.45, 7) is 22.8. The number of hydrogen-bond donors (Lipinski definition) is 3. The fraction of sp³-hybridized carbons (Fsp3) is 0.302. The van der Waals surface area contributed by atoms with E-state index in [9.17, 15) is 14.4 Å². The van der Waals surface area contributed by atoms with Crippen LogP contribution >= 0.6 is 143 Å². The molecule has 0 spiro atoms. The van der Waals surface area contributed by atoms with Crippen LogP contribution in [-0.4, -0.2) is 89.3 Å². The first kappa shape index (κ1) is 68.4. The number of hydrazine groups is 2. The van der Waals surface area contributed by atoms with E-state index < -0.39 is 5.91 Å². The van der Waals surface area contributed by atoms with Gasteiger partial charge in [-0.15, -0.1) is 34.0 Å². The number of thiophene rings is 3. The average molecular weight is 1500 g/mol. The minimum Gasteiger partial charge on any atom is -0.349 e. The Morgan fingerprint density at radius 3 is 1.30 bits per heavy atom. The molecule has 2 aliphatic heterocycles. The lowest BCUT2D eigenvalue weighted by Crippen LogP contribution is -2.45. The van der Waals surface area contributed by atoms with Gasteiger partial charge in [0.15, 0.2) is 17.1 Å². The predicted molar refractivity (Wildman–Crippen MR) is 375 cm³/mol. The first-order valence-electron chi connectivity index (χ1n) is 29.0. The largest absolute Gasteiger partial charge is 0.349 e. The van der Waals surface area contributed by atoms with E-state index in [2.05, 4.69) is 57.1 Å². The molecule has 12 rings (SSSR count). The molecule has 3 aliphatic rings. The Bertz CT molecular complexity index is 4240. The van der Waals surface area contributed by atoms with Crippen molar-refractivity contribution >= 4 is 172 Å². The molecule has 16 nitrogen and oxygen atoms in total. The number of piperidine rings is 2. The van der Waals surface area contributed by atoms with Crippen molar-refractivity contribution in [3.63, 3.8) is 0 Å². The van der Waals surface area contributed by atoms with Crippen LogP contribution in [0.3, 0.4) is 0 Å². The number of benzene rings is 3. The summed E-state index contributed by atoms with van der Waals surface area (Å²) in [6.07, 6.45) is 12.4. The van der Waals surface area contributed by atoms with Gasteiger partial charge in [0.05, 0.1) is 79.7 Å². The minimum atomic E-state index is -0.421. The SMILES string of the molecule is Cc1c(C(=O)NN2CCCCC2)nn(-c2ccc(Cl)cc2Cl)c1-c1ccc(Br)s1.[C-]#[N+]c1c(C(=O)NN2CCCCC2)nn(-c2ccc(Cl)cc2Cl)c1-c1ccc(Cl)s1.[C-]#[N+]c1c(C(=O)N[C@H](C)C2CCCCC2)nn(-c2ccc(Cl)cc2Cl)c1-c1ccc(Cl)s1. The van der Waals surface area contributed by atoms with Crippen LogP contribution in [0.2, 0.25) is 38.8 Å². The Hall–Kier alpha value is -5.50. The molecule has 2 saturated heterocycles. The second-order valence-corrected chi connectivity index (χ2v) is 30.0. The number of carbonyl (C=O) groups excluding carboxylic acids is 3. The van der Waals surface area contributed by atoms with E-state index in [1.165, 1.54) is 57.7 Å². The molecule has 0 bridgehead atoms. The lowest BCUT2D eigenvalue weighted by atomic mass is 9.84. The van der Waals surface area contributed by atoms with Gasteiger partial charge < -0.3 is 5.32 Å². The van der Waals surface area contributed by atoms with Gasteiger partial charge in [-0.1, -0.05) is 125 Å². The van der Waals surface area contributed by atoms with Crippen molar-refractivity contribution in [1.29, 1.82) is 0 Å². The van der Waals surface area contributed by atoms with Crippen molar-refractivity contribution in [2.75, 3.05) is 26.2 Å². The highest BCUT2D eigenvalue weighted by Gasteiger charge is 2.32. The van der Waals surface area contributed by atoms with Crippen molar-refractivity contribution < 1.29 is 14.4 Å². The van der Waals surface area contributed by atoms with Crippen LogP contribution < -0.4 is 16.2 Å². The molecule has 1 saturated carbocycles. The molecule has 0 unspecified atom stereocenters. The summed E-state index contributed by atoms with van der Waals surface area (Å²) in [5, 5.41) is 23.3. The predicted octanol–water partition coefficient (Wildman–Crippen LogP) is 20.2. The van der Waals surface area contributed by atoms with Gasteiger partial charge >= 0.3 is 0 Å². The molecule has 3 N–H and O–H groups in total. The van der Waals surface area contributed by atoms with Gasteiger partial charge in [-0.25, -0.2) is 33.8 Å². The quantitative estimate of drug-likeness (QED) is 0.0964. The summed E-state index contributed by atoms with van der Waals surface area (Å²) < 4.78 is 6.92. The molecule has 472 valence electrons. The Labute approximate surface area is 586 Å². The van der Waals surface area contributed by atoms with Crippen LogP contribution in [0.25, 0.3) is 58.5 Å². The number of halogens is 9. The van der Waals surface area contributed by atoms with E-state index in [0.29, 0.717) is 83.7 Å². The molecule has 3 amide bonds. The molecule has 1 atom stereocenters. The van der Waals surface area contributed by atoms with Crippen LogP contribution in [0, 0.1) is 26.0 Å². The van der Waals surface area contributed by atoms with Crippen LogP contribution in [0.1, 0.15) is 115 Å². The molecule has 28 heteroatoms. The molecule has 1 aliphatic carbocycles. The van der Waals surface area contributed by atoms with Crippen molar-refractivity contribution in [1.82, 2.24) is 55.5 Å². The number of hydrogen-bond acceptors (Lipinski definition) is 11. The van der Waals surface area contributed by atoms with Gasteiger partial charge in [0, 0.05) is 62.6 Å². The minimum absolute atomic E-state index is 0.00489.